The lowest BCUT2D eigenvalue weighted by Gasteiger charge is -2.09. The number of hydrogen-bond acceptors (Lipinski definition) is 6. The van der Waals surface area contributed by atoms with Gasteiger partial charge in [-0.1, -0.05) is 12.1 Å². The highest BCUT2D eigenvalue weighted by molar-refractivity contribution is 7.98. The molecule has 0 fully saturated rings. The summed E-state index contributed by atoms with van der Waals surface area (Å²) in [6, 6.07) is 11.4. The monoisotopic (exact) mass is 333 g/mol. The maximum absolute atomic E-state index is 12.2. The number of non-ortho nitro benzene ring substituents is 1. The normalized spacial score (nSPS) is 10.2. The molecule has 0 saturated heterocycles. The lowest BCUT2D eigenvalue weighted by molar-refractivity contribution is -0.384. The molecular formula is C16H15NO5S. The fraction of sp³-hybridized carbons (Fsp3) is 0.188. The van der Waals surface area contributed by atoms with Crippen molar-refractivity contribution >= 4 is 23.4 Å². The summed E-state index contributed by atoms with van der Waals surface area (Å²) in [7, 11) is 1.39. The van der Waals surface area contributed by atoms with Crippen molar-refractivity contribution in [1.82, 2.24) is 0 Å². The highest BCUT2D eigenvalue weighted by Crippen LogP contribution is 2.25. The molecule has 0 bridgehead atoms. The lowest BCUT2D eigenvalue weighted by atomic mass is 10.1. The fourth-order valence-corrected chi connectivity index (χ4v) is 2.33. The summed E-state index contributed by atoms with van der Waals surface area (Å²) < 4.78 is 10.3. The number of carbonyl (C=O) groups excluding carboxylic acids is 1. The van der Waals surface area contributed by atoms with Crippen LogP contribution < -0.4 is 4.74 Å². The first-order chi connectivity index (χ1) is 11.0. The predicted octanol–water partition coefficient (Wildman–Crippen LogP) is 3.68. The third-order valence-corrected chi connectivity index (χ3v) is 3.89. The molecule has 2 rings (SSSR count). The molecular weight excluding hydrogens is 318 g/mol. The standard InChI is InChI=1S/C16H15NO5S/c1-21-15-8-5-12(17(19)20)9-14(15)16(18)22-10-11-3-6-13(23-2)7-4-11/h3-9H,10H2,1-2H3. The van der Waals surface area contributed by atoms with Crippen molar-refractivity contribution in [3.8, 4) is 5.75 Å². The van der Waals surface area contributed by atoms with E-state index >= 15 is 0 Å². The van der Waals surface area contributed by atoms with E-state index in [1.54, 1.807) is 11.8 Å². The molecule has 0 N–H and O–H groups in total. The van der Waals surface area contributed by atoms with E-state index < -0.39 is 10.9 Å². The summed E-state index contributed by atoms with van der Waals surface area (Å²) >= 11 is 1.62. The van der Waals surface area contributed by atoms with Crippen LogP contribution >= 0.6 is 11.8 Å². The minimum Gasteiger partial charge on any atom is -0.496 e. The number of methoxy groups -OCH3 is 1. The summed E-state index contributed by atoms with van der Waals surface area (Å²) in [5.41, 5.74) is 0.671. The van der Waals surface area contributed by atoms with Gasteiger partial charge < -0.3 is 9.47 Å². The van der Waals surface area contributed by atoms with Gasteiger partial charge in [0.1, 0.15) is 17.9 Å². The number of esters is 1. The van der Waals surface area contributed by atoms with Gasteiger partial charge in [-0.3, -0.25) is 10.1 Å². The molecule has 0 aliphatic carbocycles. The number of hydrogen-bond donors (Lipinski definition) is 0. The number of rotatable bonds is 6. The zero-order valence-electron chi connectivity index (χ0n) is 12.6. The van der Waals surface area contributed by atoms with Gasteiger partial charge in [0.2, 0.25) is 0 Å². The van der Waals surface area contributed by atoms with Crippen LogP contribution in [0.4, 0.5) is 5.69 Å². The van der Waals surface area contributed by atoms with Crippen LogP contribution in [0.5, 0.6) is 5.75 Å². The van der Waals surface area contributed by atoms with Gasteiger partial charge in [-0.15, -0.1) is 11.8 Å². The third-order valence-electron chi connectivity index (χ3n) is 3.14. The van der Waals surface area contributed by atoms with Gasteiger partial charge in [0.15, 0.2) is 0 Å². The van der Waals surface area contributed by atoms with Gasteiger partial charge in [-0.2, -0.15) is 0 Å². The number of ether oxygens (including phenoxy) is 2. The van der Waals surface area contributed by atoms with Gasteiger partial charge in [-0.25, -0.2) is 4.79 Å². The molecule has 0 radical (unpaired) electrons. The predicted molar refractivity (Wildman–Crippen MR) is 87.0 cm³/mol. The Hall–Kier alpha value is -2.54. The molecule has 6 nitrogen and oxygen atoms in total. The van der Waals surface area contributed by atoms with Crippen molar-refractivity contribution in [1.29, 1.82) is 0 Å². The average Bonchev–Trinajstić information content (AvgIpc) is 2.59. The SMILES string of the molecule is COc1ccc([N+](=O)[O-])cc1C(=O)OCc1ccc(SC)cc1. The van der Waals surface area contributed by atoms with Crippen molar-refractivity contribution in [3.05, 3.63) is 63.7 Å². The van der Waals surface area contributed by atoms with Crippen LogP contribution in [0.15, 0.2) is 47.4 Å². The van der Waals surface area contributed by atoms with E-state index in [0.29, 0.717) is 0 Å². The highest BCUT2D eigenvalue weighted by atomic mass is 32.2. The molecule has 0 unspecified atom stereocenters. The Morgan fingerprint density at radius 3 is 2.48 bits per heavy atom. The van der Waals surface area contributed by atoms with Gasteiger partial charge in [-0.05, 0) is 30.0 Å². The zero-order chi connectivity index (χ0) is 16.8. The molecule has 0 heterocycles. The Kier molecular flexibility index (Phi) is 5.59. The molecule has 0 amide bonds. The highest BCUT2D eigenvalue weighted by Gasteiger charge is 2.18. The van der Waals surface area contributed by atoms with Gasteiger partial charge >= 0.3 is 5.97 Å². The zero-order valence-corrected chi connectivity index (χ0v) is 13.5. The van der Waals surface area contributed by atoms with Crippen LogP contribution in [0.3, 0.4) is 0 Å². The molecule has 0 saturated carbocycles. The number of carbonyl (C=O) groups is 1. The van der Waals surface area contributed by atoms with Crippen LogP contribution in [0, 0.1) is 10.1 Å². The van der Waals surface area contributed by atoms with Crippen LogP contribution in [-0.2, 0) is 11.3 Å². The van der Waals surface area contributed by atoms with Crippen molar-refractivity contribution in [2.75, 3.05) is 13.4 Å². The van der Waals surface area contributed by atoms with E-state index in [1.807, 2.05) is 30.5 Å². The first kappa shape index (κ1) is 16.8. The largest absolute Gasteiger partial charge is 0.496 e. The Morgan fingerprint density at radius 1 is 1.22 bits per heavy atom. The minimum absolute atomic E-state index is 0.0300. The minimum atomic E-state index is -0.667. The van der Waals surface area contributed by atoms with E-state index in [0.717, 1.165) is 16.5 Å². The fourth-order valence-electron chi connectivity index (χ4n) is 1.92. The smallest absolute Gasteiger partial charge is 0.342 e. The van der Waals surface area contributed by atoms with E-state index in [4.69, 9.17) is 9.47 Å². The second-order valence-electron chi connectivity index (χ2n) is 4.57. The molecule has 2 aromatic carbocycles. The number of nitro groups is 1. The Labute approximate surface area is 137 Å². The third kappa shape index (κ3) is 4.23. The molecule has 0 aliphatic heterocycles. The van der Waals surface area contributed by atoms with E-state index in [-0.39, 0.29) is 23.6 Å². The molecule has 0 aliphatic rings. The molecule has 2 aromatic rings. The summed E-state index contributed by atoms with van der Waals surface area (Å²) in [6.45, 7) is 0.0827. The molecule has 0 spiro atoms. The molecule has 120 valence electrons. The van der Waals surface area contributed by atoms with E-state index in [2.05, 4.69) is 0 Å². The van der Waals surface area contributed by atoms with Crippen LogP contribution in [0.1, 0.15) is 15.9 Å². The van der Waals surface area contributed by atoms with Crippen molar-refractivity contribution in [3.63, 3.8) is 0 Å². The topological polar surface area (TPSA) is 78.7 Å². The second-order valence-corrected chi connectivity index (χ2v) is 5.45. The molecule has 23 heavy (non-hydrogen) atoms. The Balaban J connectivity index is 2.12. The maximum Gasteiger partial charge on any atom is 0.342 e. The molecule has 0 aromatic heterocycles. The first-order valence-electron chi connectivity index (χ1n) is 6.67. The summed E-state index contributed by atoms with van der Waals surface area (Å²) in [6.07, 6.45) is 1.98. The lowest BCUT2D eigenvalue weighted by Crippen LogP contribution is -2.08. The Bertz CT molecular complexity index is 715. The van der Waals surface area contributed by atoms with E-state index in [1.165, 1.54) is 19.2 Å². The van der Waals surface area contributed by atoms with Crippen molar-refractivity contribution in [2.24, 2.45) is 0 Å². The number of nitrogens with zero attached hydrogens (tertiary/aromatic N) is 1. The van der Waals surface area contributed by atoms with Crippen molar-refractivity contribution < 1.29 is 19.2 Å². The van der Waals surface area contributed by atoms with Crippen LogP contribution in [-0.4, -0.2) is 24.3 Å². The summed E-state index contributed by atoms with van der Waals surface area (Å²) in [5, 5.41) is 10.8. The molecule has 0 atom stereocenters. The number of nitro benzene ring substituents is 1. The van der Waals surface area contributed by atoms with Crippen LogP contribution in [0.25, 0.3) is 0 Å². The van der Waals surface area contributed by atoms with Crippen LogP contribution in [0.2, 0.25) is 0 Å². The number of thioether (sulfide) groups is 1. The van der Waals surface area contributed by atoms with Gasteiger partial charge in [0.25, 0.3) is 5.69 Å². The first-order valence-corrected chi connectivity index (χ1v) is 7.90. The Morgan fingerprint density at radius 2 is 1.91 bits per heavy atom. The second kappa shape index (κ2) is 7.64. The summed E-state index contributed by atoms with van der Waals surface area (Å²) in [4.78, 5) is 23.5. The maximum atomic E-state index is 12.2. The average molecular weight is 333 g/mol. The van der Waals surface area contributed by atoms with Gasteiger partial charge in [0, 0.05) is 17.0 Å². The number of benzene rings is 2. The van der Waals surface area contributed by atoms with E-state index in [9.17, 15) is 14.9 Å². The molecule has 7 heteroatoms. The van der Waals surface area contributed by atoms with Gasteiger partial charge in [0.05, 0.1) is 12.0 Å². The quantitative estimate of drug-likeness (QED) is 0.347. The van der Waals surface area contributed by atoms with Crippen molar-refractivity contribution in [2.45, 2.75) is 11.5 Å². The summed E-state index contributed by atoms with van der Waals surface area (Å²) in [5.74, 6) is -0.433.